The van der Waals surface area contributed by atoms with Gasteiger partial charge in [-0.25, -0.2) is 19.3 Å². The molecule has 0 aliphatic rings. The number of hydrogen-bond donors (Lipinski definition) is 2. The van der Waals surface area contributed by atoms with E-state index in [2.05, 4.69) is 20.3 Å². The maximum Gasteiger partial charge on any atom is 0.301 e. The predicted octanol–water partition coefficient (Wildman–Crippen LogP) is 5.32. The lowest BCUT2D eigenvalue weighted by Gasteiger charge is -2.25. The van der Waals surface area contributed by atoms with E-state index in [1.165, 1.54) is 19.1 Å². The molecular weight excluding hydrogens is 464 g/mol. The monoisotopic (exact) mass is 494 g/mol. The van der Waals surface area contributed by atoms with Crippen LogP contribution in [0.3, 0.4) is 0 Å². The van der Waals surface area contributed by atoms with Crippen molar-refractivity contribution >= 4 is 29.3 Å². The van der Waals surface area contributed by atoms with Crippen molar-refractivity contribution in [1.82, 2.24) is 15.0 Å². The summed E-state index contributed by atoms with van der Waals surface area (Å²) in [5, 5.41) is 13.4. The average Bonchev–Trinajstić information content (AvgIpc) is 2.76. The minimum absolute atomic E-state index is 0.00606. The van der Waals surface area contributed by atoms with Crippen molar-refractivity contribution in [3.05, 3.63) is 52.7 Å². The largest absolute Gasteiger partial charge is 0.386 e. The number of rotatable bonds is 8. The highest BCUT2D eigenvalue weighted by Gasteiger charge is 2.42. The molecule has 0 aliphatic carbocycles. The topological polar surface area (TPSA) is 88.0 Å². The molecule has 34 heavy (non-hydrogen) atoms. The van der Waals surface area contributed by atoms with Crippen LogP contribution in [0.5, 0.6) is 0 Å². The fourth-order valence-corrected chi connectivity index (χ4v) is 4.58. The normalized spacial score (nSPS) is 14.3. The van der Waals surface area contributed by atoms with E-state index in [0.29, 0.717) is 40.1 Å². The van der Waals surface area contributed by atoms with Gasteiger partial charge in [0.2, 0.25) is 0 Å². The Morgan fingerprint density at radius 2 is 1.85 bits per heavy atom. The molecule has 0 amide bonds. The van der Waals surface area contributed by atoms with Crippen LogP contribution < -0.4 is 10.8 Å². The van der Waals surface area contributed by atoms with Crippen molar-refractivity contribution in [1.29, 1.82) is 0 Å². The zero-order valence-electron chi connectivity index (χ0n) is 20.2. The number of anilines is 1. The number of aromatic nitrogens is 3. The first-order valence-corrected chi connectivity index (χ1v) is 13.8. The van der Waals surface area contributed by atoms with E-state index >= 15 is 4.39 Å². The first kappa shape index (κ1) is 26.1. The molecular formula is C24H30F3N4O2P. The van der Waals surface area contributed by atoms with Gasteiger partial charge < -0.3 is 15.0 Å². The molecule has 0 saturated heterocycles. The summed E-state index contributed by atoms with van der Waals surface area (Å²) >= 11 is 0. The smallest absolute Gasteiger partial charge is 0.301 e. The molecule has 0 saturated carbocycles. The van der Waals surface area contributed by atoms with E-state index in [1.54, 1.807) is 33.2 Å². The van der Waals surface area contributed by atoms with Gasteiger partial charge in [-0.05, 0) is 52.2 Å². The quantitative estimate of drug-likeness (QED) is 0.412. The van der Waals surface area contributed by atoms with Gasteiger partial charge in [0.15, 0.2) is 0 Å². The molecule has 0 fully saturated rings. The molecule has 3 aromatic rings. The first-order chi connectivity index (χ1) is 15.8. The third kappa shape index (κ3) is 4.96. The first-order valence-electron chi connectivity index (χ1n) is 11.2. The maximum atomic E-state index is 15.2. The van der Waals surface area contributed by atoms with Crippen LogP contribution in [0.25, 0.3) is 10.9 Å². The lowest BCUT2D eigenvalue weighted by atomic mass is 9.96. The Morgan fingerprint density at radius 1 is 1.18 bits per heavy atom. The van der Waals surface area contributed by atoms with Gasteiger partial charge in [0.25, 0.3) is 0 Å². The number of halogens is 3. The summed E-state index contributed by atoms with van der Waals surface area (Å²) in [4.78, 5) is 13.5. The van der Waals surface area contributed by atoms with Gasteiger partial charge in [0.05, 0.1) is 22.8 Å². The number of benzene rings is 1. The summed E-state index contributed by atoms with van der Waals surface area (Å²) in [5.41, 5.74) is 0.843. The highest BCUT2D eigenvalue weighted by Crippen LogP contribution is 2.38. The van der Waals surface area contributed by atoms with Crippen molar-refractivity contribution in [2.45, 2.75) is 58.6 Å². The molecule has 2 atom stereocenters. The lowest BCUT2D eigenvalue weighted by Crippen LogP contribution is -2.31. The van der Waals surface area contributed by atoms with E-state index in [4.69, 9.17) is 0 Å². The molecule has 2 aromatic heterocycles. The molecule has 6 nitrogen and oxygen atoms in total. The molecule has 2 unspecified atom stereocenters. The van der Waals surface area contributed by atoms with Crippen LogP contribution in [0.1, 0.15) is 55.9 Å². The fourth-order valence-electron chi connectivity index (χ4n) is 3.78. The minimum atomic E-state index is -3.73. The second-order valence-electron chi connectivity index (χ2n) is 8.77. The Morgan fingerprint density at radius 3 is 2.44 bits per heavy atom. The third-order valence-corrected chi connectivity index (χ3v) is 7.09. The number of nitrogens with one attached hydrogen (secondary N) is 1. The minimum Gasteiger partial charge on any atom is -0.386 e. The van der Waals surface area contributed by atoms with Gasteiger partial charge in [-0.1, -0.05) is 26.0 Å². The van der Waals surface area contributed by atoms with Crippen LogP contribution in [-0.4, -0.2) is 39.5 Å². The number of fused-ring (bicyclic) bond motifs is 1. The predicted molar refractivity (Wildman–Crippen MR) is 129 cm³/mol. The highest BCUT2D eigenvalue weighted by atomic mass is 31.2. The number of pyridine rings is 1. The standard InChI is InChI=1S/C24H30F3N4O2P/c1-7-18-22-16(12-20(31-18)34(5,6)33)23(30-14(4)29-22)28-13(3)15-10-9-11-17(21(15)25)24(26,27)19(32)8-2/h9-13,19,32H,7-8H2,1-6H3,(H,28,29,30). The molecule has 10 heteroatoms. The molecule has 0 bridgehead atoms. The summed E-state index contributed by atoms with van der Waals surface area (Å²) in [6, 6.07) is 4.66. The van der Waals surface area contributed by atoms with Gasteiger partial charge in [-0.3, -0.25) is 0 Å². The summed E-state index contributed by atoms with van der Waals surface area (Å²) in [7, 11) is -2.69. The van der Waals surface area contributed by atoms with Gasteiger partial charge in [0.1, 0.15) is 36.1 Å². The average molecular weight is 494 g/mol. The fraction of sp³-hybridized carbons (Fsp3) is 0.458. The maximum absolute atomic E-state index is 15.2. The van der Waals surface area contributed by atoms with Crippen molar-refractivity contribution in [3.8, 4) is 0 Å². The van der Waals surface area contributed by atoms with E-state index in [1.807, 2.05) is 6.92 Å². The Labute approximate surface area is 197 Å². The van der Waals surface area contributed by atoms with E-state index in [0.717, 1.165) is 6.07 Å². The van der Waals surface area contributed by atoms with Gasteiger partial charge in [0, 0.05) is 10.9 Å². The third-order valence-electron chi connectivity index (χ3n) is 5.75. The molecule has 0 radical (unpaired) electrons. The van der Waals surface area contributed by atoms with Crippen LogP contribution in [0.15, 0.2) is 24.3 Å². The Balaban J connectivity index is 2.12. The summed E-state index contributed by atoms with van der Waals surface area (Å²) in [5.74, 6) is -3.99. The van der Waals surface area contributed by atoms with Crippen LogP contribution in [0.4, 0.5) is 19.0 Å². The number of hydrogen-bond acceptors (Lipinski definition) is 6. The lowest BCUT2D eigenvalue weighted by molar-refractivity contribution is -0.118. The molecule has 2 heterocycles. The zero-order valence-corrected chi connectivity index (χ0v) is 21.1. The highest BCUT2D eigenvalue weighted by molar-refractivity contribution is 7.69. The number of aryl methyl sites for hydroxylation is 2. The molecule has 184 valence electrons. The summed E-state index contributed by atoms with van der Waals surface area (Å²) in [6.45, 7) is 9.91. The molecule has 0 aliphatic heterocycles. The SMILES string of the molecule is CCc1nc(P(C)(C)=O)cc2c(NC(C)c3cccc(C(F)(F)C(O)CC)c3F)nc(C)nc12. The Kier molecular flexibility index (Phi) is 7.39. The molecule has 1 aromatic carbocycles. The number of alkyl halides is 2. The zero-order chi connectivity index (χ0) is 25.4. The van der Waals surface area contributed by atoms with Gasteiger partial charge in [-0.15, -0.1) is 0 Å². The van der Waals surface area contributed by atoms with E-state index < -0.39 is 36.6 Å². The van der Waals surface area contributed by atoms with Crippen molar-refractivity contribution in [2.75, 3.05) is 18.6 Å². The van der Waals surface area contributed by atoms with Crippen LogP contribution in [0.2, 0.25) is 0 Å². The molecule has 2 N–H and O–H groups in total. The van der Waals surface area contributed by atoms with Crippen molar-refractivity contribution < 1.29 is 22.8 Å². The van der Waals surface area contributed by atoms with Crippen molar-refractivity contribution in [2.24, 2.45) is 0 Å². The van der Waals surface area contributed by atoms with E-state index in [-0.39, 0.29) is 12.0 Å². The number of nitrogens with zero attached hydrogens (tertiary/aromatic N) is 3. The Bertz CT molecular complexity index is 1260. The molecule has 0 spiro atoms. The second-order valence-corrected chi connectivity index (χ2v) is 11.9. The van der Waals surface area contributed by atoms with E-state index in [9.17, 15) is 18.5 Å². The summed E-state index contributed by atoms with van der Waals surface area (Å²) in [6.07, 6.45) is -1.65. The van der Waals surface area contributed by atoms with Gasteiger partial charge in [-0.2, -0.15) is 8.78 Å². The number of aliphatic hydroxyl groups excluding tert-OH is 1. The molecule has 3 rings (SSSR count). The van der Waals surface area contributed by atoms with Crippen LogP contribution in [-0.2, 0) is 16.9 Å². The second kappa shape index (κ2) is 9.62. The van der Waals surface area contributed by atoms with Gasteiger partial charge >= 0.3 is 5.92 Å². The van der Waals surface area contributed by atoms with Crippen LogP contribution in [0, 0.1) is 12.7 Å². The Hall–Kier alpha value is -2.51. The van der Waals surface area contributed by atoms with Crippen molar-refractivity contribution in [3.63, 3.8) is 0 Å². The summed E-state index contributed by atoms with van der Waals surface area (Å²) < 4.78 is 57.2. The number of aliphatic hydroxyl groups is 1. The van der Waals surface area contributed by atoms with Crippen LogP contribution >= 0.6 is 7.14 Å².